The fourth-order valence-corrected chi connectivity index (χ4v) is 1.41. The quantitative estimate of drug-likeness (QED) is 0.343. The zero-order chi connectivity index (χ0) is 7.56. The van der Waals surface area contributed by atoms with Crippen LogP contribution in [0.5, 0.6) is 0 Å². The van der Waals surface area contributed by atoms with Crippen molar-refractivity contribution in [2.45, 2.75) is 18.3 Å². The van der Waals surface area contributed by atoms with Crippen LogP contribution in [0.25, 0.3) is 0 Å². The SMILES string of the molecule is O=CC1CCC(Cl)N=C1Cl. The predicted octanol–water partition coefficient (Wildman–Crippen LogP) is 1.80. The average molecular weight is 180 g/mol. The standard InChI is InChI=1S/C6H7Cl2NO/c7-5-2-1-4(3-10)6(8)9-5/h3-5H,1-2H2. The van der Waals surface area contributed by atoms with Crippen LogP contribution < -0.4 is 0 Å². The molecule has 0 amide bonds. The lowest BCUT2D eigenvalue weighted by Gasteiger charge is -2.16. The molecule has 0 radical (unpaired) electrons. The van der Waals surface area contributed by atoms with E-state index in [0.717, 1.165) is 19.1 Å². The first-order chi connectivity index (χ1) is 4.74. The summed E-state index contributed by atoms with van der Waals surface area (Å²) in [5, 5.41) is 0.348. The second-order valence-electron chi connectivity index (χ2n) is 2.21. The van der Waals surface area contributed by atoms with Crippen molar-refractivity contribution in [2.75, 3.05) is 0 Å². The average Bonchev–Trinajstić information content (AvgIpc) is 1.88. The number of hydrogen-bond donors (Lipinski definition) is 0. The second-order valence-corrected chi connectivity index (χ2v) is 3.10. The number of nitrogens with zero attached hydrogens (tertiary/aromatic N) is 1. The van der Waals surface area contributed by atoms with Crippen molar-refractivity contribution >= 4 is 34.7 Å². The molecule has 2 nitrogen and oxygen atoms in total. The first-order valence-corrected chi connectivity index (χ1v) is 3.88. The van der Waals surface area contributed by atoms with Gasteiger partial charge in [-0.15, -0.1) is 0 Å². The van der Waals surface area contributed by atoms with Crippen molar-refractivity contribution in [1.82, 2.24) is 0 Å². The van der Waals surface area contributed by atoms with Gasteiger partial charge in [-0.1, -0.05) is 23.2 Å². The zero-order valence-electron chi connectivity index (χ0n) is 5.26. The van der Waals surface area contributed by atoms with E-state index in [1.807, 2.05) is 0 Å². The number of halogens is 2. The van der Waals surface area contributed by atoms with E-state index in [4.69, 9.17) is 23.2 Å². The summed E-state index contributed by atoms with van der Waals surface area (Å²) in [6.45, 7) is 0. The van der Waals surface area contributed by atoms with Gasteiger partial charge in [0.25, 0.3) is 0 Å². The largest absolute Gasteiger partial charge is 0.303 e. The van der Waals surface area contributed by atoms with E-state index in [-0.39, 0.29) is 11.4 Å². The topological polar surface area (TPSA) is 29.4 Å². The van der Waals surface area contributed by atoms with Crippen molar-refractivity contribution in [3.63, 3.8) is 0 Å². The Hall–Kier alpha value is -0.0800. The van der Waals surface area contributed by atoms with Gasteiger partial charge in [-0.2, -0.15) is 0 Å². The summed E-state index contributed by atoms with van der Waals surface area (Å²) in [6.07, 6.45) is 2.27. The molecule has 0 saturated carbocycles. The summed E-state index contributed by atoms with van der Waals surface area (Å²) in [5.74, 6) is -0.211. The minimum Gasteiger partial charge on any atom is -0.303 e. The number of hydrogen-bond acceptors (Lipinski definition) is 2. The Morgan fingerprint density at radius 2 is 2.30 bits per heavy atom. The lowest BCUT2D eigenvalue weighted by Crippen LogP contribution is -2.19. The molecule has 56 valence electrons. The van der Waals surface area contributed by atoms with Gasteiger partial charge < -0.3 is 4.79 Å². The van der Waals surface area contributed by atoms with Gasteiger partial charge in [-0.25, -0.2) is 0 Å². The molecule has 0 aromatic heterocycles. The van der Waals surface area contributed by atoms with Crippen LogP contribution in [0.4, 0.5) is 0 Å². The van der Waals surface area contributed by atoms with E-state index in [9.17, 15) is 4.79 Å². The molecule has 1 aliphatic rings. The zero-order valence-corrected chi connectivity index (χ0v) is 6.77. The van der Waals surface area contributed by atoms with Gasteiger partial charge in [0.1, 0.15) is 17.0 Å². The van der Waals surface area contributed by atoms with Crippen LogP contribution in [0.1, 0.15) is 12.8 Å². The molecule has 1 aliphatic heterocycles. The summed E-state index contributed by atoms with van der Waals surface area (Å²) < 4.78 is 0. The fourth-order valence-electron chi connectivity index (χ4n) is 0.854. The molecule has 1 heterocycles. The van der Waals surface area contributed by atoms with Crippen LogP contribution >= 0.6 is 23.2 Å². The number of aliphatic imine (C=N–C) groups is 1. The van der Waals surface area contributed by atoms with Crippen LogP contribution in [0.15, 0.2) is 4.99 Å². The van der Waals surface area contributed by atoms with Gasteiger partial charge in [0.05, 0.1) is 5.92 Å². The van der Waals surface area contributed by atoms with Gasteiger partial charge >= 0.3 is 0 Å². The molecule has 0 N–H and O–H groups in total. The Balaban J connectivity index is 2.66. The molecule has 0 fully saturated rings. The van der Waals surface area contributed by atoms with E-state index in [0.29, 0.717) is 5.17 Å². The van der Waals surface area contributed by atoms with Crippen molar-refractivity contribution in [3.8, 4) is 0 Å². The summed E-state index contributed by atoms with van der Waals surface area (Å²) in [6, 6.07) is 0. The molecule has 4 heteroatoms. The number of carbonyl (C=O) groups is 1. The lowest BCUT2D eigenvalue weighted by molar-refractivity contribution is -0.109. The molecule has 2 unspecified atom stereocenters. The minimum atomic E-state index is -0.233. The molecule has 2 atom stereocenters. The molecular weight excluding hydrogens is 173 g/mol. The highest BCUT2D eigenvalue weighted by Gasteiger charge is 2.20. The predicted molar refractivity (Wildman–Crippen MR) is 41.7 cm³/mol. The van der Waals surface area contributed by atoms with Crippen LogP contribution in [0, 0.1) is 5.92 Å². The maximum Gasteiger partial charge on any atom is 0.129 e. The first kappa shape index (κ1) is 8.02. The maximum absolute atomic E-state index is 10.3. The number of aldehydes is 1. The van der Waals surface area contributed by atoms with Crippen LogP contribution in [0.3, 0.4) is 0 Å². The Kier molecular flexibility index (Phi) is 2.69. The van der Waals surface area contributed by atoms with Gasteiger partial charge in [-0.05, 0) is 12.8 Å². The molecule has 0 spiro atoms. The van der Waals surface area contributed by atoms with E-state index in [1.165, 1.54) is 0 Å². The van der Waals surface area contributed by atoms with Crippen molar-refractivity contribution in [1.29, 1.82) is 0 Å². The van der Waals surface area contributed by atoms with E-state index < -0.39 is 0 Å². The number of rotatable bonds is 1. The minimum absolute atomic E-state index is 0.211. The summed E-state index contributed by atoms with van der Waals surface area (Å²) in [4.78, 5) is 14.1. The Morgan fingerprint density at radius 1 is 1.60 bits per heavy atom. The van der Waals surface area contributed by atoms with Gasteiger partial charge in [0.15, 0.2) is 0 Å². The smallest absolute Gasteiger partial charge is 0.129 e. The van der Waals surface area contributed by atoms with E-state index in [1.54, 1.807) is 0 Å². The van der Waals surface area contributed by atoms with Crippen LogP contribution in [0.2, 0.25) is 0 Å². The third-order valence-corrected chi connectivity index (χ3v) is 2.14. The van der Waals surface area contributed by atoms with Crippen molar-refractivity contribution in [2.24, 2.45) is 10.9 Å². The second kappa shape index (κ2) is 3.35. The van der Waals surface area contributed by atoms with Gasteiger partial charge in [0.2, 0.25) is 0 Å². The molecule has 0 aromatic carbocycles. The Bertz CT molecular complexity index is 169. The maximum atomic E-state index is 10.3. The highest BCUT2D eigenvalue weighted by molar-refractivity contribution is 6.67. The third kappa shape index (κ3) is 1.70. The summed E-state index contributed by atoms with van der Waals surface area (Å²) in [7, 11) is 0. The fraction of sp³-hybridized carbons (Fsp3) is 0.667. The summed E-state index contributed by atoms with van der Waals surface area (Å²) >= 11 is 11.3. The van der Waals surface area contributed by atoms with E-state index >= 15 is 0 Å². The van der Waals surface area contributed by atoms with Gasteiger partial charge in [-0.3, -0.25) is 4.99 Å². The molecule has 1 rings (SSSR count). The third-order valence-electron chi connectivity index (χ3n) is 1.45. The van der Waals surface area contributed by atoms with Crippen molar-refractivity contribution in [3.05, 3.63) is 0 Å². The number of alkyl halides is 1. The molecule has 0 bridgehead atoms. The molecular formula is C6H7Cl2NO. The van der Waals surface area contributed by atoms with Gasteiger partial charge in [0, 0.05) is 0 Å². The molecule has 0 aromatic rings. The highest BCUT2D eigenvalue weighted by Crippen LogP contribution is 2.21. The first-order valence-electron chi connectivity index (χ1n) is 3.06. The number of carbonyl (C=O) groups excluding carboxylic acids is 1. The highest BCUT2D eigenvalue weighted by atomic mass is 35.5. The van der Waals surface area contributed by atoms with Crippen molar-refractivity contribution < 1.29 is 4.79 Å². The normalized spacial score (nSPS) is 33.2. The molecule has 10 heavy (non-hydrogen) atoms. The molecule has 0 aliphatic carbocycles. The molecule has 0 saturated heterocycles. The Labute approximate surface area is 69.2 Å². The Morgan fingerprint density at radius 3 is 2.80 bits per heavy atom. The lowest BCUT2D eigenvalue weighted by atomic mass is 10.0. The summed E-state index contributed by atoms with van der Waals surface area (Å²) in [5.41, 5.74) is -0.233. The monoisotopic (exact) mass is 179 g/mol. The van der Waals surface area contributed by atoms with Crippen LogP contribution in [-0.4, -0.2) is 17.0 Å². The van der Waals surface area contributed by atoms with Crippen LogP contribution in [-0.2, 0) is 4.79 Å². The van der Waals surface area contributed by atoms with E-state index in [2.05, 4.69) is 4.99 Å².